The summed E-state index contributed by atoms with van der Waals surface area (Å²) in [6.07, 6.45) is 2.69. The summed E-state index contributed by atoms with van der Waals surface area (Å²) in [6.45, 7) is 2.78. The highest BCUT2D eigenvalue weighted by Crippen LogP contribution is 2.11. The average molecular weight is 345 g/mol. The Bertz CT molecular complexity index is 652. The molecule has 2 N–H and O–H groups in total. The van der Waals surface area contributed by atoms with Gasteiger partial charge in [0.1, 0.15) is 5.75 Å². The van der Waals surface area contributed by atoms with Gasteiger partial charge in [-0.1, -0.05) is 12.1 Å². The van der Waals surface area contributed by atoms with Crippen LogP contribution in [0.2, 0.25) is 0 Å². The summed E-state index contributed by atoms with van der Waals surface area (Å²) in [4.78, 5) is 4.21. The van der Waals surface area contributed by atoms with E-state index in [1.165, 1.54) is 0 Å². The van der Waals surface area contributed by atoms with E-state index in [9.17, 15) is 0 Å². The van der Waals surface area contributed by atoms with Gasteiger partial charge in [0.25, 0.3) is 0 Å². The molecular weight excluding hydrogens is 318 g/mol. The van der Waals surface area contributed by atoms with Crippen molar-refractivity contribution < 1.29 is 9.47 Å². The van der Waals surface area contributed by atoms with Crippen molar-refractivity contribution in [1.82, 2.24) is 20.4 Å². The summed E-state index contributed by atoms with van der Waals surface area (Å²) < 4.78 is 12.7. The first-order valence-electron chi connectivity index (χ1n) is 8.35. The first-order valence-corrected chi connectivity index (χ1v) is 8.35. The van der Waals surface area contributed by atoms with Gasteiger partial charge in [0.15, 0.2) is 5.96 Å². The van der Waals surface area contributed by atoms with E-state index in [1.807, 2.05) is 42.1 Å². The third kappa shape index (κ3) is 6.46. The lowest BCUT2D eigenvalue weighted by Crippen LogP contribution is -2.37. The molecule has 0 saturated heterocycles. The number of nitrogens with zero attached hydrogens (tertiary/aromatic N) is 3. The van der Waals surface area contributed by atoms with E-state index >= 15 is 0 Å². The van der Waals surface area contributed by atoms with Gasteiger partial charge in [0.2, 0.25) is 0 Å². The molecule has 0 bridgehead atoms. The molecule has 25 heavy (non-hydrogen) atoms. The third-order valence-electron chi connectivity index (χ3n) is 3.77. The van der Waals surface area contributed by atoms with E-state index in [4.69, 9.17) is 9.47 Å². The second-order valence-electron chi connectivity index (χ2n) is 5.55. The Morgan fingerprint density at radius 1 is 1.20 bits per heavy atom. The smallest absolute Gasteiger partial charge is 0.191 e. The molecule has 0 aliphatic carbocycles. The van der Waals surface area contributed by atoms with Crippen molar-refractivity contribution in [3.8, 4) is 5.75 Å². The summed E-state index contributed by atoms with van der Waals surface area (Å²) in [5, 5.41) is 10.7. The molecule has 0 aliphatic heterocycles. The highest BCUT2D eigenvalue weighted by Gasteiger charge is 2.01. The first kappa shape index (κ1) is 18.8. The molecule has 1 aromatic heterocycles. The van der Waals surface area contributed by atoms with Gasteiger partial charge < -0.3 is 20.1 Å². The number of hydrogen-bond acceptors (Lipinski definition) is 4. The number of ether oxygens (including phenoxy) is 2. The Labute approximate surface area is 149 Å². The molecule has 1 heterocycles. The highest BCUT2D eigenvalue weighted by molar-refractivity contribution is 5.79. The summed E-state index contributed by atoms with van der Waals surface area (Å²) in [5.41, 5.74) is 2.24. The topological polar surface area (TPSA) is 72.7 Å². The molecule has 0 saturated carbocycles. The van der Waals surface area contributed by atoms with E-state index in [2.05, 4.69) is 20.7 Å². The molecule has 0 fully saturated rings. The maximum absolute atomic E-state index is 5.69. The Hall–Kier alpha value is -2.54. The molecule has 2 aromatic rings. The normalized spacial score (nSPS) is 11.4. The molecule has 0 aliphatic rings. The molecule has 2 rings (SSSR count). The maximum atomic E-state index is 5.69. The van der Waals surface area contributed by atoms with Gasteiger partial charge in [-0.15, -0.1) is 0 Å². The van der Waals surface area contributed by atoms with Crippen molar-refractivity contribution in [2.75, 3.05) is 27.3 Å². The lowest BCUT2D eigenvalue weighted by atomic mass is 10.2. The molecule has 0 atom stereocenters. The predicted molar refractivity (Wildman–Crippen MR) is 98.7 cm³/mol. The van der Waals surface area contributed by atoms with Gasteiger partial charge in [-0.3, -0.25) is 9.67 Å². The van der Waals surface area contributed by atoms with E-state index < -0.39 is 0 Å². The Morgan fingerprint density at radius 2 is 2.00 bits per heavy atom. The number of aromatic nitrogens is 2. The van der Waals surface area contributed by atoms with Crippen LogP contribution in [0.3, 0.4) is 0 Å². The van der Waals surface area contributed by atoms with E-state index in [0.29, 0.717) is 19.8 Å². The fraction of sp³-hybridized carbons (Fsp3) is 0.444. The summed E-state index contributed by atoms with van der Waals surface area (Å²) in [7, 11) is 5.35. The maximum Gasteiger partial charge on any atom is 0.191 e. The fourth-order valence-electron chi connectivity index (χ4n) is 2.26. The van der Waals surface area contributed by atoms with Gasteiger partial charge in [0.05, 0.1) is 26.0 Å². The average Bonchev–Trinajstić information content (AvgIpc) is 3.06. The largest absolute Gasteiger partial charge is 0.497 e. The number of aliphatic imine (C=N–C) groups is 1. The van der Waals surface area contributed by atoms with E-state index in [1.54, 1.807) is 20.4 Å². The number of methoxy groups -OCH3 is 1. The Kier molecular flexibility index (Phi) is 7.78. The number of benzene rings is 1. The Morgan fingerprint density at radius 3 is 2.64 bits per heavy atom. The number of nitrogens with one attached hydrogen (secondary N) is 2. The van der Waals surface area contributed by atoms with Crippen LogP contribution in [-0.4, -0.2) is 43.0 Å². The summed E-state index contributed by atoms with van der Waals surface area (Å²) in [6, 6.07) is 9.90. The van der Waals surface area contributed by atoms with Gasteiger partial charge in [-0.25, -0.2) is 0 Å². The first-order chi connectivity index (χ1) is 12.2. The van der Waals surface area contributed by atoms with Crippen molar-refractivity contribution in [1.29, 1.82) is 0 Å². The molecule has 7 heteroatoms. The van der Waals surface area contributed by atoms with Crippen LogP contribution in [-0.2, 0) is 24.9 Å². The van der Waals surface area contributed by atoms with Crippen LogP contribution in [0.5, 0.6) is 5.75 Å². The zero-order valence-corrected chi connectivity index (χ0v) is 15.2. The van der Waals surface area contributed by atoms with Crippen molar-refractivity contribution in [2.45, 2.75) is 19.6 Å². The lowest BCUT2D eigenvalue weighted by molar-refractivity contribution is 0.119. The fourth-order valence-corrected chi connectivity index (χ4v) is 2.26. The summed E-state index contributed by atoms with van der Waals surface area (Å²) in [5.74, 6) is 1.63. The van der Waals surface area contributed by atoms with Crippen LogP contribution >= 0.6 is 0 Å². The van der Waals surface area contributed by atoms with Gasteiger partial charge >= 0.3 is 0 Å². The monoisotopic (exact) mass is 345 g/mol. The molecule has 1 aromatic carbocycles. The quantitative estimate of drug-likeness (QED) is 0.411. The minimum atomic E-state index is 0.609. The van der Waals surface area contributed by atoms with Crippen molar-refractivity contribution >= 4 is 5.96 Å². The molecule has 0 unspecified atom stereocenters. The highest BCUT2D eigenvalue weighted by atomic mass is 16.5. The minimum absolute atomic E-state index is 0.609. The van der Waals surface area contributed by atoms with Crippen LogP contribution in [0.4, 0.5) is 0 Å². The number of guanidine groups is 1. The van der Waals surface area contributed by atoms with Crippen LogP contribution in [0.25, 0.3) is 0 Å². The van der Waals surface area contributed by atoms with Gasteiger partial charge in [0, 0.05) is 33.4 Å². The number of hydrogen-bond donors (Lipinski definition) is 2. The Balaban J connectivity index is 1.57. The standard InChI is InChI=1S/C18H27N5O2/c1-19-18(21-13-16-9-11-22-23(16)2)20-10-4-12-25-14-15-5-7-17(24-3)8-6-15/h5-9,11H,4,10,12-14H2,1-3H3,(H2,19,20,21). The van der Waals surface area contributed by atoms with Crippen molar-refractivity contribution in [3.63, 3.8) is 0 Å². The molecular formula is C18H27N5O2. The zero-order chi connectivity index (χ0) is 17.9. The van der Waals surface area contributed by atoms with Gasteiger partial charge in [-0.05, 0) is 30.2 Å². The molecule has 0 spiro atoms. The number of rotatable bonds is 9. The SMILES string of the molecule is CN=C(NCCCOCc1ccc(OC)cc1)NCc1ccnn1C. The third-order valence-corrected chi connectivity index (χ3v) is 3.77. The molecule has 7 nitrogen and oxygen atoms in total. The zero-order valence-electron chi connectivity index (χ0n) is 15.2. The van der Waals surface area contributed by atoms with E-state index in [0.717, 1.165) is 35.9 Å². The van der Waals surface area contributed by atoms with Crippen LogP contribution < -0.4 is 15.4 Å². The second kappa shape index (κ2) is 10.4. The lowest BCUT2D eigenvalue weighted by Gasteiger charge is -2.12. The number of aryl methyl sites for hydroxylation is 1. The van der Waals surface area contributed by atoms with Crippen LogP contribution in [0.15, 0.2) is 41.5 Å². The molecule has 136 valence electrons. The molecule has 0 radical (unpaired) electrons. The summed E-state index contributed by atoms with van der Waals surface area (Å²) >= 11 is 0. The van der Waals surface area contributed by atoms with Crippen molar-refractivity contribution in [2.24, 2.45) is 12.0 Å². The second-order valence-corrected chi connectivity index (χ2v) is 5.55. The predicted octanol–water partition coefficient (Wildman–Crippen LogP) is 1.70. The minimum Gasteiger partial charge on any atom is -0.497 e. The van der Waals surface area contributed by atoms with Crippen LogP contribution in [0.1, 0.15) is 17.7 Å². The van der Waals surface area contributed by atoms with Crippen LogP contribution in [0, 0.1) is 0 Å². The molecule has 0 amide bonds. The van der Waals surface area contributed by atoms with Gasteiger partial charge in [-0.2, -0.15) is 5.10 Å². The van der Waals surface area contributed by atoms with E-state index in [-0.39, 0.29) is 0 Å². The van der Waals surface area contributed by atoms with Crippen molar-refractivity contribution in [3.05, 3.63) is 47.8 Å².